The molecule has 4 nitrogen and oxygen atoms in total. The van der Waals surface area contributed by atoms with Crippen LogP contribution in [0.4, 0.5) is 35.1 Å². The quantitative estimate of drug-likeness (QED) is 0.0325. The minimum atomic E-state index is -4.05. The number of benzene rings is 16. The van der Waals surface area contributed by atoms with E-state index in [0.29, 0.717) is 62.2 Å². The van der Waals surface area contributed by atoms with E-state index in [4.69, 9.17) is 17.7 Å². The molecule has 16 heteroatoms. The zero-order valence-corrected chi connectivity index (χ0v) is 65.1. The summed E-state index contributed by atoms with van der Waals surface area (Å²) in [5, 5.41) is 7.29. The molecule has 16 aromatic rings. The molecule has 0 atom stereocenters. The second-order valence-electron chi connectivity index (χ2n) is 27.7. The van der Waals surface area contributed by atoms with Crippen LogP contribution in [-0.4, -0.2) is 33.3 Å². The average molecular weight is 1580 g/mol. The molecule has 0 aliphatic heterocycles. The molecule has 0 heterocycles. The van der Waals surface area contributed by atoms with Gasteiger partial charge in [-0.05, 0) is 133 Å². The smallest absolute Gasteiger partial charge is 0.347 e. The summed E-state index contributed by atoms with van der Waals surface area (Å²) in [6, 6.07) is 116. The Morgan fingerprint density at radius 1 is 0.149 bits per heavy atom. The van der Waals surface area contributed by atoms with E-state index in [9.17, 15) is 0 Å². The SMILES string of the molecule is Fc1cc(C(c2cc(F)c(O[Si](c3ccccc3)(c3ccccc3)c3ccccc3)c(F)c2)C(c2cc(F)c(O[Si](c3ccccc3)(c3ccccc3)c3ccccc3)c(F)c2)c2cc(F)c(O[Si](c3ccccc3)(c3ccccc3)c3ccccc3)c(F)c2)cc(F)c1O[Si](c1ccccc1)(c1ccccc1)c1ccccc1. The zero-order valence-electron chi connectivity index (χ0n) is 61.1. The highest BCUT2D eigenvalue weighted by atomic mass is 28.4. The predicted molar refractivity (Wildman–Crippen MR) is 448 cm³/mol. The summed E-state index contributed by atoms with van der Waals surface area (Å²) in [6.45, 7) is 0. The van der Waals surface area contributed by atoms with Crippen LogP contribution in [0.25, 0.3) is 0 Å². The van der Waals surface area contributed by atoms with Crippen LogP contribution < -0.4 is 79.9 Å². The number of rotatable bonds is 25. The maximum atomic E-state index is 18.8. The highest BCUT2D eigenvalue weighted by Gasteiger charge is 2.50. The Morgan fingerprint density at radius 3 is 0.342 bits per heavy atom. The van der Waals surface area contributed by atoms with Crippen LogP contribution in [-0.2, 0) is 0 Å². The Bertz CT molecular complexity index is 4760. The Balaban J connectivity index is 0.954. The first kappa shape index (κ1) is 75.1. The van der Waals surface area contributed by atoms with Crippen molar-refractivity contribution in [3.8, 4) is 23.0 Å². The molecule has 114 heavy (non-hydrogen) atoms. The fourth-order valence-corrected chi connectivity index (χ4v) is 31.3. The van der Waals surface area contributed by atoms with Crippen LogP contribution in [0.5, 0.6) is 23.0 Å². The monoisotopic (exact) mass is 1570 g/mol. The third-order valence-electron chi connectivity index (χ3n) is 21.0. The van der Waals surface area contributed by atoms with Gasteiger partial charge in [-0.2, -0.15) is 0 Å². The van der Waals surface area contributed by atoms with Crippen LogP contribution in [0.3, 0.4) is 0 Å². The molecule has 0 aromatic heterocycles. The summed E-state index contributed by atoms with van der Waals surface area (Å²) in [5.41, 5.74) is -1.68. The van der Waals surface area contributed by atoms with Crippen molar-refractivity contribution in [2.45, 2.75) is 11.8 Å². The van der Waals surface area contributed by atoms with Crippen molar-refractivity contribution in [3.63, 3.8) is 0 Å². The normalized spacial score (nSPS) is 11.8. The van der Waals surface area contributed by atoms with Gasteiger partial charge >= 0.3 is 33.3 Å². The van der Waals surface area contributed by atoms with Gasteiger partial charge in [0, 0.05) is 11.8 Å². The molecule has 0 saturated heterocycles. The van der Waals surface area contributed by atoms with Gasteiger partial charge in [-0.1, -0.05) is 364 Å². The highest BCUT2D eigenvalue weighted by Crippen LogP contribution is 2.48. The van der Waals surface area contributed by atoms with E-state index in [1.54, 1.807) is 146 Å². The third-order valence-corrected chi connectivity index (χ3v) is 36.8. The molecule has 0 radical (unpaired) electrons. The molecule has 16 rings (SSSR count). The Hall–Kier alpha value is -13.0. The molecule has 0 aliphatic rings. The first-order valence-electron chi connectivity index (χ1n) is 37.2. The van der Waals surface area contributed by atoms with E-state index in [1.165, 1.54) is 0 Å². The van der Waals surface area contributed by atoms with Crippen LogP contribution in [0.1, 0.15) is 34.1 Å². The van der Waals surface area contributed by atoms with Crippen LogP contribution in [0.2, 0.25) is 0 Å². The molecule has 0 spiro atoms. The molecule has 0 fully saturated rings. The predicted octanol–water partition coefficient (Wildman–Crippen LogP) is 15.9. The maximum absolute atomic E-state index is 18.8. The van der Waals surface area contributed by atoms with E-state index >= 15 is 35.1 Å². The van der Waals surface area contributed by atoms with Crippen molar-refractivity contribution in [1.82, 2.24) is 0 Å². The van der Waals surface area contributed by atoms with Gasteiger partial charge in [-0.15, -0.1) is 0 Å². The first-order valence-corrected chi connectivity index (χ1v) is 44.8. The molecule has 0 amide bonds. The van der Waals surface area contributed by atoms with Crippen LogP contribution >= 0.6 is 0 Å². The second-order valence-corrected chi connectivity index (χ2v) is 40.9. The fraction of sp³-hybridized carbons (Fsp3) is 0.0204. The largest absolute Gasteiger partial charge is 0.526 e. The minimum Gasteiger partial charge on any atom is -0.526 e. The number of hydrogen-bond donors (Lipinski definition) is 0. The summed E-state index contributed by atoms with van der Waals surface area (Å²) in [7, 11) is -16.2. The fourth-order valence-electron chi connectivity index (χ4n) is 16.0. The molecule has 0 N–H and O–H groups in total. The molecular formula is C98H70F8O4Si4. The summed E-state index contributed by atoms with van der Waals surface area (Å²) >= 11 is 0. The molecule has 558 valence electrons. The van der Waals surface area contributed by atoms with Crippen molar-refractivity contribution >= 4 is 95.5 Å². The van der Waals surface area contributed by atoms with Crippen molar-refractivity contribution < 1.29 is 52.8 Å². The Morgan fingerprint density at radius 2 is 0.246 bits per heavy atom. The lowest BCUT2D eigenvalue weighted by molar-refractivity contribution is 0.448. The van der Waals surface area contributed by atoms with Crippen LogP contribution in [0.15, 0.2) is 413 Å². The minimum absolute atomic E-state index is 0.419. The van der Waals surface area contributed by atoms with Gasteiger partial charge in [0.1, 0.15) is 0 Å². The van der Waals surface area contributed by atoms with Crippen molar-refractivity contribution in [1.29, 1.82) is 0 Å². The second kappa shape index (κ2) is 32.8. The summed E-state index contributed by atoms with van der Waals surface area (Å²) in [6.07, 6.45) is 0. The van der Waals surface area contributed by atoms with E-state index < -0.39 is 137 Å². The summed E-state index contributed by atoms with van der Waals surface area (Å²) in [4.78, 5) is 0. The maximum Gasteiger partial charge on any atom is 0.347 e. The Labute approximate surface area is 660 Å². The molecule has 0 aliphatic carbocycles. The van der Waals surface area contributed by atoms with Gasteiger partial charge in [-0.25, -0.2) is 35.1 Å². The van der Waals surface area contributed by atoms with Crippen molar-refractivity contribution in [2.24, 2.45) is 0 Å². The van der Waals surface area contributed by atoms with Gasteiger partial charge in [-0.3, -0.25) is 0 Å². The Kier molecular flexibility index (Phi) is 21.6. The van der Waals surface area contributed by atoms with Gasteiger partial charge in [0.05, 0.1) is 0 Å². The van der Waals surface area contributed by atoms with Crippen molar-refractivity contribution in [2.75, 3.05) is 0 Å². The molecular weight excluding hydrogens is 1510 g/mol. The first-order chi connectivity index (χ1) is 55.8. The van der Waals surface area contributed by atoms with Gasteiger partial charge in [0.15, 0.2) is 69.5 Å². The van der Waals surface area contributed by atoms with E-state index in [-0.39, 0.29) is 0 Å². The molecule has 0 saturated carbocycles. The third kappa shape index (κ3) is 14.2. The van der Waals surface area contributed by atoms with Gasteiger partial charge in [0.2, 0.25) is 0 Å². The summed E-state index contributed by atoms with van der Waals surface area (Å²) in [5.74, 6) is -17.8. The molecule has 16 aromatic carbocycles. The molecule has 0 bridgehead atoms. The standard InChI is InChI=1S/C98H70F8O4Si4/c99-85-61-69(62-86(100)95(85)107-111(73-37-13-1-14-38-73,74-39-15-2-16-40-74)75-41-17-3-18-42-75)93(70-63-87(101)96(88(102)64-70)108-112(76-43-19-4-20-44-76,77-45-21-5-22-46-77)78-47-23-6-24-48-78)94(71-65-89(103)97(90(104)66-71)109-113(79-49-25-7-26-50-79,80-51-27-8-28-52-80)81-53-29-9-30-54-81)72-67-91(105)98(92(106)68-72)110-114(82-55-31-10-32-56-82,83-57-33-11-34-58-83)84-59-35-12-36-60-84/h1-68,93-94H. The van der Waals surface area contributed by atoms with E-state index in [0.717, 1.165) is 48.5 Å². The van der Waals surface area contributed by atoms with Gasteiger partial charge in [0.25, 0.3) is 0 Å². The highest BCUT2D eigenvalue weighted by molar-refractivity contribution is 7.09. The van der Waals surface area contributed by atoms with Gasteiger partial charge < -0.3 is 17.7 Å². The van der Waals surface area contributed by atoms with Crippen LogP contribution in [0, 0.1) is 46.5 Å². The van der Waals surface area contributed by atoms with E-state index in [1.807, 2.05) is 218 Å². The zero-order chi connectivity index (χ0) is 78.2. The lowest BCUT2D eigenvalue weighted by Crippen LogP contribution is -2.71. The number of hydrogen-bond acceptors (Lipinski definition) is 4. The van der Waals surface area contributed by atoms with E-state index in [2.05, 4.69) is 0 Å². The molecule has 0 unspecified atom stereocenters. The average Bonchev–Trinajstić information content (AvgIpc) is 0.763. The van der Waals surface area contributed by atoms with Crippen molar-refractivity contribution in [3.05, 3.63) is 481 Å². The number of halogens is 8. The lowest BCUT2D eigenvalue weighted by atomic mass is 9.73. The topological polar surface area (TPSA) is 36.9 Å². The summed E-state index contributed by atoms with van der Waals surface area (Å²) < 4.78 is 179. The lowest BCUT2D eigenvalue weighted by Gasteiger charge is -2.35.